The van der Waals surface area contributed by atoms with E-state index in [1.807, 2.05) is 31.2 Å². The van der Waals surface area contributed by atoms with Gasteiger partial charge in [0, 0.05) is 26.3 Å². The van der Waals surface area contributed by atoms with Crippen LogP contribution in [-0.2, 0) is 6.54 Å². The number of hydrogen-bond acceptors (Lipinski definition) is 6. The highest BCUT2D eigenvalue weighted by atomic mass is 19.4. The zero-order valence-corrected chi connectivity index (χ0v) is 18.6. The molecule has 1 heterocycles. The van der Waals surface area contributed by atoms with Gasteiger partial charge in [0.15, 0.2) is 11.5 Å². The number of ether oxygens (including phenoxy) is 2. The Morgan fingerprint density at radius 1 is 1.15 bits per heavy atom. The first-order valence-corrected chi connectivity index (χ1v) is 10.5. The quantitative estimate of drug-likeness (QED) is 0.380. The number of nitrogens with zero attached hydrogens (tertiary/aromatic N) is 2. The fraction of sp³-hybridized carbons (Fsp3) is 0.304. The first-order valence-electron chi connectivity index (χ1n) is 10.5. The SMILES string of the molecule is CNc1nc(Oc2cccc(OC(F)(F)F)c2)n(Cc2ccc(C)cc2)c1C(=O)NCCCO. The van der Waals surface area contributed by atoms with E-state index in [0.29, 0.717) is 6.42 Å². The molecule has 34 heavy (non-hydrogen) atoms. The van der Waals surface area contributed by atoms with Crippen molar-refractivity contribution in [3.8, 4) is 17.5 Å². The van der Waals surface area contributed by atoms with Gasteiger partial charge in [0.2, 0.25) is 0 Å². The van der Waals surface area contributed by atoms with Crippen LogP contribution in [0.5, 0.6) is 17.5 Å². The van der Waals surface area contributed by atoms with Gasteiger partial charge in [0.1, 0.15) is 11.5 Å². The number of halogens is 3. The molecule has 0 spiro atoms. The number of amides is 1. The summed E-state index contributed by atoms with van der Waals surface area (Å²) in [5.41, 5.74) is 2.10. The monoisotopic (exact) mass is 478 g/mol. The normalized spacial score (nSPS) is 11.2. The maximum absolute atomic E-state index is 12.9. The van der Waals surface area contributed by atoms with Crippen LogP contribution in [-0.4, -0.2) is 47.1 Å². The van der Waals surface area contributed by atoms with E-state index in [0.717, 1.165) is 23.3 Å². The summed E-state index contributed by atoms with van der Waals surface area (Å²) in [7, 11) is 1.59. The average molecular weight is 478 g/mol. The summed E-state index contributed by atoms with van der Waals surface area (Å²) in [4.78, 5) is 17.3. The molecule has 0 bridgehead atoms. The van der Waals surface area contributed by atoms with E-state index in [2.05, 4.69) is 20.4 Å². The molecule has 2 aromatic carbocycles. The van der Waals surface area contributed by atoms with Gasteiger partial charge in [-0.25, -0.2) is 0 Å². The number of imidazole rings is 1. The van der Waals surface area contributed by atoms with E-state index < -0.39 is 18.0 Å². The number of carbonyl (C=O) groups excluding carboxylic acids is 1. The molecule has 0 aliphatic rings. The fourth-order valence-corrected chi connectivity index (χ4v) is 3.14. The molecule has 0 aliphatic carbocycles. The van der Waals surface area contributed by atoms with Crippen molar-refractivity contribution in [1.29, 1.82) is 0 Å². The molecular formula is C23H25F3N4O4. The van der Waals surface area contributed by atoms with Crippen molar-refractivity contribution in [2.24, 2.45) is 0 Å². The Labute approximate surface area is 194 Å². The van der Waals surface area contributed by atoms with Crippen LogP contribution in [0.15, 0.2) is 48.5 Å². The van der Waals surface area contributed by atoms with Gasteiger partial charge in [0.25, 0.3) is 5.91 Å². The van der Waals surface area contributed by atoms with E-state index >= 15 is 0 Å². The predicted molar refractivity (Wildman–Crippen MR) is 119 cm³/mol. The number of carbonyl (C=O) groups is 1. The molecule has 182 valence electrons. The maximum Gasteiger partial charge on any atom is 0.573 e. The Bertz CT molecular complexity index is 1110. The number of hydrogen-bond donors (Lipinski definition) is 3. The molecule has 0 aliphatic heterocycles. The smallest absolute Gasteiger partial charge is 0.425 e. The van der Waals surface area contributed by atoms with Crippen molar-refractivity contribution < 1.29 is 32.5 Å². The number of benzene rings is 2. The molecule has 0 saturated heterocycles. The van der Waals surface area contributed by atoms with Crippen LogP contribution in [0.4, 0.5) is 19.0 Å². The molecule has 0 fully saturated rings. The molecule has 3 N–H and O–H groups in total. The number of anilines is 1. The summed E-state index contributed by atoms with van der Waals surface area (Å²) in [6.07, 6.45) is -4.47. The third-order valence-corrected chi connectivity index (χ3v) is 4.71. The van der Waals surface area contributed by atoms with Crippen molar-refractivity contribution >= 4 is 11.7 Å². The van der Waals surface area contributed by atoms with Gasteiger partial charge in [-0.1, -0.05) is 35.9 Å². The van der Waals surface area contributed by atoms with Gasteiger partial charge in [-0.15, -0.1) is 13.2 Å². The molecule has 0 radical (unpaired) electrons. The number of aliphatic hydroxyl groups is 1. The first kappa shape index (κ1) is 24.9. The zero-order valence-electron chi connectivity index (χ0n) is 18.6. The Morgan fingerprint density at radius 2 is 1.85 bits per heavy atom. The number of aromatic nitrogens is 2. The number of rotatable bonds is 10. The van der Waals surface area contributed by atoms with Crippen molar-refractivity contribution in [2.75, 3.05) is 25.5 Å². The molecule has 3 aromatic rings. The lowest BCUT2D eigenvalue weighted by atomic mass is 10.1. The highest BCUT2D eigenvalue weighted by molar-refractivity contribution is 5.97. The van der Waals surface area contributed by atoms with Gasteiger partial charge in [0.05, 0.1) is 6.54 Å². The van der Waals surface area contributed by atoms with E-state index in [1.165, 1.54) is 16.7 Å². The number of aliphatic hydroxyl groups excluding tert-OH is 1. The number of nitrogens with one attached hydrogen (secondary N) is 2. The Hall–Kier alpha value is -3.73. The molecule has 0 unspecified atom stereocenters. The van der Waals surface area contributed by atoms with E-state index in [9.17, 15) is 18.0 Å². The van der Waals surface area contributed by atoms with Crippen LogP contribution in [0.2, 0.25) is 0 Å². The van der Waals surface area contributed by atoms with Crippen LogP contribution >= 0.6 is 0 Å². The van der Waals surface area contributed by atoms with Gasteiger partial charge < -0.3 is 25.2 Å². The minimum absolute atomic E-state index is 0.00129. The van der Waals surface area contributed by atoms with Crippen LogP contribution in [0.1, 0.15) is 28.0 Å². The topological polar surface area (TPSA) is 97.6 Å². The third kappa shape index (κ3) is 6.64. The van der Waals surface area contributed by atoms with Gasteiger partial charge in [-0.3, -0.25) is 9.36 Å². The van der Waals surface area contributed by atoms with E-state index in [1.54, 1.807) is 7.05 Å². The molecule has 3 rings (SSSR count). The van der Waals surface area contributed by atoms with Gasteiger partial charge >= 0.3 is 12.4 Å². The van der Waals surface area contributed by atoms with Crippen molar-refractivity contribution in [3.05, 3.63) is 65.4 Å². The van der Waals surface area contributed by atoms with Crippen LogP contribution in [0, 0.1) is 6.92 Å². The second kappa shape index (κ2) is 10.9. The molecule has 8 nitrogen and oxygen atoms in total. The lowest BCUT2D eigenvalue weighted by Gasteiger charge is -2.14. The summed E-state index contributed by atoms with van der Waals surface area (Å²) in [5.74, 6) is -0.614. The summed E-state index contributed by atoms with van der Waals surface area (Å²) in [5, 5.41) is 14.6. The summed E-state index contributed by atoms with van der Waals surface area (Å²) < 4.78 is 49.1. The third-order valence-electron chi connectivity index (χ3n) is 4.71. The number of alkyl halides is 3. The van der Waals surface area contributed by atoms with E-state index in [4.69, 9.17) is 9.84 Å². The lowest BCUT2D eigenvalue weighted by Crippen LogP contribution is -2.28. The highest BCUT2D eigenvalue weighted by Gasteiger charge is 2.31. The molecular weight excluding hydrogens is 453 g/mol. The average Bonchev–Trinajstić information content (AvgIpc) is 3.11. The molecule has 11 heteroatoms. The molecule has 0 saturated carbocycles. The highest BCUT2D eigenvalue weighted by Crippen LogP contribution is 2.31. The van der Waals surface area contributed by atoms with Crippen LogP contribution in [0.25, 0.3) is 0 Å². The van der Waals surface area contributed by atoms with Crippen molar-refractivity contribution in [2.45, 2.75) is 26.3 Å². The largest absolute Gasteiger partial charge is 0.573 e. The van der Waals surface area contributed by atoms with Crippen molar-refractivity contribution in [3.63, 3.8) is 0 Å². The lowest BCUT2D eigenvalue weighted by molar-refractivity contribution is -0.274. The minimum Gasteiger partial charge on any atom is -0.425 e. The molecule has 1 amide bonds. The minimum atomic E-state index is -4.85. The standard InChI is InChI=1S/C23H25F3N4O4/c1-15-7-9-16(10-8-15)14-30-19(21(32)28-11-4-12-31)20(27-2)29-22(30)33-17-5-3-6-18(13-17)34-23(24,25)26/h3,5-10,13,27,31H,4,11-12,14H2,1-2H3,(H,28,32). The summed E-state index contributed by atoms with van der Waals surface area (Å²) in [6.45, 7) is 2.34. The van der Waals surface area contributed by atoms with Gasteiger partial charge in [-0.05, 0) is 31.0 Å². The summed E-state index contributed by atoms with van der Waals surface area (Å²) in [6, 6.07) is 12.7. The van der Waals surface area contributed by atoms with Crippen molar-refractivity contribution in [1.82, 2.24) is 14.9 Å². The number of aryl methyl sites for hydroxylation is 1. The van der Waals surface area contributed by atoms with Crippen LogP contribution in [0.3, 0.4) is 0 Å². The molecule has 0 atom stereocenters. The van der Waals surface area contributed by atoms with Crippen LogP contribution < -0.4 is 20.1 Å². The second-order valence-electron chi connectivity index (χ2n) is 7.37. The first-order chi connectivity index (χ1) is 16.2. The Balaban J connectivity index is 1.99. The molecule has 1 aromatic heterocycles. The second-order valence-corrected chi connectivity index (χ2v) is 7.37. The van der Waals surface area contributed by atoms with E-state index in [-0.39, 0.29) is 43.0 Å². The van der Waals surface area contributed by atoms with Gasteiger partial charge in [-0.2, -0.15) is 4.98 Å². The maximum atomic E-state index is 12.9. The Morgan fingerprint density at radius 3 is 2.50 bits per heavy atom. The zero-order chi connectivity index (χ0) is 24.7. The summed E-state index contributed by atoms with van der Waals surface area (Å²) >= 11 is 0. The predicted octanol–water partition coefficient (Wildman–Crippen LogP) is 4.08. The Kier molecular flexibility index (Phi) is 8.00. The fourth-order valence-electron chi connectivity index (χ4n) is 3.14.